The van der Waals surface area contributed by atoms with Crippen LogP contribution in [0.4, 0.5) is 0 Å². The summed E-state index contributed by atoms with van der Waals surface area (Å²) >= 11 is 0. The number of carbonyl (C=O) groups excluding carboxylic acids is 1. The molecule has 3 aromatic rings. The van der Waals surface area contributed by atoms with E-state index in [1.165, 1.54) is 11.1 Å². The van der Waals surface area contributed by atoms with Crippen molar-refractivity contribution >= 4 is 5.91 Å². The van der Waals surface area contributed by atoms with E-state index in [0.717, 1.165) is 38.5 Å². The standard InChI is InChI=1S/C23H27N5O/c1-18(2)20-5-3-19(4-6-20)16-26-11-13-27(14-12-26)23(29)21-7-8-22(25-15-21)28-10-9-24-17-28/h3-10,15,17-18H,11-14,16H2,1-2H3. The van der Waals surface area contributed by atoms with E-state index >= 15 is 0 Å². The van der Waals surface area contributed by atoms with Crippen molar-refractivity contribution in [1.29, 1.82) is 0 Å². The lowest BCUT2D eigenvalue weighted by Gasteiger charge is -2.34. The first-order chi connectivity index (χ1) is 14.1. The fraction of sp³-hybridized carbons (Fsp3) is 0.348. The van der Waals surface area contributed by atoms with Gasteiger partial charge >= 0.3 is 0 Å². The van der Waals surface area contributed by atoms with Crippen LogP contribution in [0.15, 0.2) is 61.3 Å². The van der Waals surface area contributed by atoms with Gasteiger partial charge in [-0.05, 0) is 29.2 Å². The van der Waals surface area contributed by atoms with Crippen LogP contribution in [-0.4, -0.2) is 56.4 Å². The van der Waals surface area contributed by atoms with Gasteiger partial charge < -0.3 is 4.90 Å². The quantitative estimate of drug-likeness (QED) is 0.672. The Bertz CT molecular complexity index is 924. The predicted molar refractivity (Wildman–Crippen MR) is 113 cm³/mol. The Hall–Kier alpha value is -2.99. The number of imidazole rings is 1. The monoisotopic (exact) mass is 389 g/mol. The lowest BCUT2D eigenvalue weighted by Crippen LogP contribution is -2.48. The Morgan fingerprint density at radius 1 is 1.03 bits per heavy atom. The molecule has 0 spiro atoms. The van der Waals surface area contributed by atoms with Crippen LogP contribution in [0.5, 0.6) is 0 Å². The van der Waals surface area contributed by atoms with Gasteiger partial charge in [0.15, 0.2) is 0 Å². The van der Waals surface area contributed by atoms with Crippen molar-refractivity contribution in [2.45, 2.75) is 26.3 Å². The van der Waals surface area contributed by atoms with Gasteiger partial charge in [0.1, 0.15) is 12.1 Å². The van der Waals surface area contributed by atoms with Crippen LogP contribution in [-0.2, 0) is 6.54 Å². The number of aromatic nitrogens is 3. The Labute approximate surface area is 171 Å². The largest absolute Gasteiger partial charge is 0.336 e. The van der Waals surface area contributed by atoms with Crippen molar-refractivity contribution in [1.82, 2.24) is 24.3 Å². The van der Waals surface area contributed by atoms with Gasteiger partial charge in [-0.3, -0.25) is 14.3 Å². The molecule has 1 fully saturated rings. The second kappa shape index (κ2) is 8.57. The second-order valence-corrected chi connectivity index (χ2v) is 7.84. The highest BCUT2D eigenvalue weighted by molar-refractivity contribution is 5.94. The molecular formula is C23H27N5O. The Morgan fingerprint density at radius 3 is 2.38 bits per heavy atom. The third-order valence-corrected chi connectivity index (χ3v) is 5.48. The fourth-order valence-corrected chi connectivity index (χ4v) is 3.62. The molecule has 1 aliphatic rings. The van der Waals surface area contributed by atoms with Crippen LogP contribution in [0.2, 0.25) is 0 Å². The van der Waals surface area contributed by atoms with E-state index in [2.05, 4.69) is 53.0 Å². The first-order valence-electron chi connectivity index (χ1n) is 10.1. The molecule has 0 bridgehead atoms. The number of nitrogens with zero attached hydrogens (tertiary/aromatic N) is 5. The summed E-state index contributed by atoms with van der Waals surface area (Å²) < 4.78 is 1.82. The zero-order valence-electron chi connectivity index (χ0n) is 17.0. The van der Waals surface area contributed by atoms with Crippen molar-refractivity contribution in [3.8, 4) is 5.82 Å². The normalized spacial score (nSPS) is 15.1. The molecule has 3 heterocycles. The van der Waals surface area contributed by atoms with E-state index in [4.69, 9.17) is 0 Å². The molecule has 29 heavy (non-hydrogen) atoms. The van der Waals surface area contributed by atoms with Crippen LogP contribution in [0, 0.1) is 0 Å². The van der Waals surface area contributed by atoms with Crippen molar-refractivity contribution in [2.24, 2.45) is 0 Å². The van der Waals surface area contributed by atoms with Gasteiger partial charge in [-0.15, -0.1) is 0 Å². The van der Waals surface area contributed by atoms with Crippen molar-refractivity contribution in [2.75, 3.05) is 26.2 Å². The third kappa shape index (κ3) is 4.54. The molecule has 1 saturated heterocycles. The van der Waals surface area contributed by atoms with Crippen LogP contribution in [0.25, 0.3) is 5.82 Å². The smallest absolute Gasteiger partial charge is 0.255 e. The minimum absolute atomic E-state index is 0.0515. The van der Waals surface area contributed by atoms with Gasteiger partial charge in [-0.2, -0.15) is 0 Å². The zero-order valence-corrected chi connectivity index (χ0v) is 17.0. The highest BCUT2D eigenvalue weighted by Crippen LogP contribution is 2.17. The van der Waals surface area contributed by atoms with Crippen molar-refractivity contribution < 1.29 is 4.79 Å². The van der Waals surface area contributed by atoms with Gasteiger partial charge in [0.2, 0.25) is 0 Å². The molecule has 6 heteroatoms. The molecule has 4 rings (SSSR count). The molecule has 0 saturated carbocycles. The van der Waals surface area contributed by atoms with E-state index < -0.39 is 0 Å². The summed E-state index contributed by atoms with van der Waals surface area (Å²) in [5, 5.41) is 0. The summed E-state index contributed by atoms with van der Waals surface area (Å²) in [6.45, 7) is 8.62. The van der Waals surface area contributed by atoms with Crippen LogP contribution < -0.4 is 0 Å². The summed E-state index contributed by atoms with van der Waals surface area (Å²) in [5.74, 6) is 1.37. The Kier molecular flexibility index (Phi) is 5.71. The molecule has 0 unspecified atom stereocenters. The topological polar surface area (TPSA) is 54.3 Å². The number of amides is 1. The number of hydrogen-bond donors (Lipinski definition) is 0. The highest BCUT2D eigenvalue weighted by Gasteiger charge is 2.22. The molecule has 2 aromatic heterocycles. The summed E-state index contributed by atoms with van der Waals surface area (Å²) in [4.78, 5) is 25.6. The van der Waals surface area contributed by atoms with Crippen LogP contribution in [0.1, 0.15) is 41.3 Å². The molecule has 1 amide bonds. The molecular weight excluding hydrogens is 362 g/mol. The first kappa shape index (κ1) is 19.3. The number of rotatable bonds is 5. The van der Waals surface area contributed by atoms with E-state index in [1.807, 2.05) is 27.8 Å². The van der Waals surface area contributed by atoms with Gasteiger partial charge in [0, 0.05) is 51.3 Å². The van der Waals surface area contributed by atoms with E-state index in [-0.39, 0.29) is 5.91 Å². The molecule has 6 nitrogen and oxygen atoms in total. The van der Waals surface area contributed by atoms with Crippen LogP contribution >= 0.6 is 0 Å². The van der Waals surface area contributed by atoms with Gasteiger partial charge in [0.25, 0.3) is 5.91 Å². The second-order valence-electron chi connectivity index (χ2n) is 7.84. The number of carbonyl (C=O) groups is 1. The number of piperazine rings is 1. The molecule has 1 aliphatic heterocycles. The van der Waals surface area contributed by atoms with Crippen molar-refractivity contribution in [3.05, 3.63) is 78.0 Å². The molecule has 0 atom stereocenters. The fourth-order valence-electron chi connectivity index (χ4n) is 3.62. The Morgan fingerprint density at radius 2 is 1.79 bits per heavy atom. The predicted octanol–water partition coefficient (Wildman–Crippen LogP) is 3.35. The lowest BCUT2D eigenvalue weighted by molar-refractivity contribution is 0.0628. The van der Waals surface area contributed by atoms with Gasteiger partial charge in [0.05, 0.1) is 5.56 Å². The maximum Gasteiger partial charge on any atom is 0.255 e. The number of hydrogen-bond acceptors (Lipinski definition) is 4. The van der Waals surface area contributed by atoms with E-state index in [0.29, 0.717) is 11.5 Å². The minimum atomic E-state index is 0.0515. The highest BCUT2D eigenvalue weighted by atomic mass is 16.2. The maximum absolute atomic E-state index is 12.8. The zero-order chi connectivity index (χ0) is 20.2. The molecule has 150 valence electrons. The third-order valence-electron chi connectivity index (χ3n) is 5.48. The summed E-state index contributed by atoms with van der Waals surface area (Å²) in [6.07, 6.45) is 6.89. The van der Waals surface area contributed by atoms with Crippen molar-refractivity contribution in [3.63, 3.8) is 0 Å². The van der Waals surface area contributed by atoms with E-state index in [1.54, 1.807) is 18.7 Å². The van der Waals surface area contributed by atoms with E-state index in [9.17, 15) is 4.79 Å². The summed E-state index contributed by atoms with van der Waals surface area (Å²) in [6, 6.07) is 12.6. The molecule has 0 N–H and O–H groups in total. The molecule has 0 aliphatic carbocycles. The number of benzene rings is 1. The average Bonchev–Trinajstić information content (AvgIpc) is 3.29. The maximum atomic E-state index is 12.8. The first-order valence-corrected chi connectivity index (χ1v) is 10.1. The number of pyridine rings is 1. The lowest BCUT2D eigenvalue weighted by atomic mass is 10.0. The minimum Gasteiger partial charge on any atom is -0.336 e. The Balaban J connectivity index is 1.31. The molecule has 1 aromatic carbocycles. The summed E-state index contributed by atoms with van der Waals surface area (Å²) in [7, 11) is 0. The van der Waals surface area contributed by atoms with Gasteiger partial charge in [-0.25, -0.2) is 9.97 Å². The molecule has 0 radical (unpaired) electrons. The van der Waals surface area contributed by atoms with Gasteiger partial charge in [-0.1, -0.05) is 38.1 Å². The average molecular weight is 390 g/mol. The van der Waals surface area contributed by atoms with Crippen LogP contribution in [0.3, 0.4) is 0 Å². The summed E-state index contributed by atoms with van der Waals surface area (Å²) in [5.41, 5.74) is 3.33. The SMILES string of the molecule is CC(C)c1ccc(CN2CCN(C(=O)c3ccc(-n4ccnc4)nc3)CC2)cc1.